The van der Waals surface area contributed by atoms with Gasteiger partial charge in [-0.2, -0.15) is 0 Å². The Labute approximate surface area is 220 Å². The van der Waals surface area contributed by atoms with E-state index in [4.69, 9.17) is 4.98 Å². The number of halogens is 1. The summed E-state index contributed by atoms with van der Waals surface area (Å²) >= 11 is 0. The molecule has 1 heterocycles. The van der Waals surface area contributed by atoms with E-state index in [1.165, 1.54) is 5.56 Å². The van der Waals surface area contributed by atoms with E-state index < -0.39 is 5.67 Å². The lowest BCUT2D eigenvalue weighted by atomic mass is 9.94. The molecule has 0 spiro atoms. The van der Waals surface area contributed by atoms with Gasteiger partial charge in [-0.1, -0.05) is 87.5 Å². The summed E-state index contributed by atoms with van der Waals surface area (Å²) in [5.74, 6) is 0. The zero-order valence-corrected chi connectivity index (χ0v) is 22.3. The lowest BCUT2D eigenvalue weighted by Gasteiger charge is -2.19. The van der Waals surface area contributed by atoms with Crippen LogP contribution in [-0.2, 0) is 18.5 Å². The highest BCUT2D eigenvalue weighted by atomic mass is 19.1. The summed E-state index contributed by atoms with van der Waals surface area (Å²) < 4.78 is 14.6. The first-order valence-electron chi connectivity index (χ1n) is 13.2. The van der Waals surface area contributed by atoms with Crippen molar-refractivity contribution in [2.45, 2.75) is 59.0 Å². The number of alkyl halides is 1. The van der Waals surface area contributed by atoms with Crippen LogP contribution in [-0.4, -0.2) is 9.97 Å². The lowest BCUT2D eigenvalue weighted by Crippen LogP contribution is -2.13. The summed E-state index contributed by atoms with van der Waals surface area (Å²) in [4.78, 5) is 9.38. The predicted molar refractivity (Wildman–Crippen MR) is 153 cm³/mol. The molecule has 3 aromatic carbocycles. The summed E-state index contributed by atoms with van der Waals surface area (Å²) in [5, 5.41) is 3.58. The van der Waals surface area contributed by atoms with Crippen molar-refractivity contribution in [1.29, 1.82) is 0 Å². The molecule has 0 aliphatic heterocycles. The van der Waals surface area contributed by atoms with Crippen LogP contribution in [0.1, 0.15) is 57.2 Å². The molecule has 37 heavy (non-hydrogen) atoms. The SMILES string of the molecule is CC/C=C(/Cc1ccc(C(C)(F)CC)cc1)Nc1ccc(-c2nccnc2-c2ccccc2CC)cc1. The molecule has 0 saturated carbocycles. The number of anilines is 1. The van der Waals surface area contributed by atoms with E-state index in [2.05, 4.69) is 78.8 Å². The molecule has 0 bridgehead atoms. The van der Waals surface area contributed by atoms with Crippen molar-refractivity contribution in [2.75, 3.05) is 5.32 Å². The van der Waals surface area contributed by atoms with E-state index in [1.807, 2.05) is 31.2 Å². The van der Waals surface area contributed by atoms with Crippen LogP contribution >= 0.6 is 0 Å². The molecule has 0 saturated heterocycles. The van der Waals surface area contributed by atoms with Crippen LogP contribution in [0.25, 0.3) is 22.5 Å². The van der Waals surface area contributed by atoms with Gasteiger partial charge in [0.1, 0.15) is 5.67 Å². The Morgan fingerprint density at radius 2 is 1.54 bits per heavy atom. The molecular formula is C33H36FN3. The first kappa shape index (κ1) is 26.3. The number of nitrogens with one attached hydrogen (secondary N) is 1. The average Bonchev–Trinajstić information content (AvgIpc) is 2.94. The highest BCUT2D eigenvalue weighted by molar-refractivity contribution is 5.80. The van der Waals surface area contributed by atoms with E-state index in [-0.39, 0.29) is 0 Å². The molecule has 0 aliphatic rings. The van der Waals surface area contributed by atoms with Crippen molar-refractivity contribution in [3.05, 3.63) is 114 Å². The van der Waals surface area contributed by atoms with Gasteiger partial charge in [-0.25, -0.2) is 4.39 Å². The summed E-state index contributed by atoms with van der Waals surface area (Å²) in [6.07, 6.45) is 8.80. The Morgan fingerprint density at radius 1 is 0.865 bits per heavy atom. The summed E-state index contributed by atoms with van der Waals surface area (Å²) in [5.41, 5.74) is 7.93. The van der Waals surface area contributed by atoms with Gasteiger partial charge in [-0.05, 0) is 55.0 Å². The second-order valence-electron chi connectivity index (χ2n) is 9.53. The monoisotopic (exact) mass is 493 g/mol. The van der Waals surface area contributed by atoms with E-state index in [0.29, 0.717) is 6.42 Å². The number of hydrogen-bond donors (Lipinski definition) is 1. The molecule has 4 aromatic rings. The fourth-order valence-corrected chi connectivity index (χ4v) is 4.51. The number of nitrogens with zero attached hydrogens (tertiary/aromatic N) is 2. The van der Waals surface area contributed by atoms with Gasteiger partial charge in [0.05, 0.1) is 11.4 Å². The van der Waals surface area contributed by atoms with Crippen LogP contribution in [0.3, 0.4) is 0 Å². The van der Waals surface area contributed by atoms with Gasteiger partial charge in [-0.3, -0.25) is 9.97 Å². The minimum absolute atomic E-state index is 0.464. The number of allylic oxidation sites excluding steroid dienone is 2. The summed E-state index contributed by atoms with van der Waals surface area (Å²) in [6, 6.07) is 24.6. The zero-order valence-electron chi connectivity index (χ0n) is 22.3. The van der Waals surface area contributed by atoms with Gasteiger partial charge in [0, 0.05) is 41.3 Å². The van der Waals surface area contributed by atoms with Gasteiger partial charge >= 0.3 is 0 Å². The molecule has 4 rings (SSSR count). The van der Waals surface area contributed by atoms with Crippen LogP contribution in [0.4, 0.5) is 10.1 Å². The molecule has 1 atom stereocenters. The second kappa shape index (κ2) is 12.0. The van der Waals surface area contributed by atoms with Crippen molar-refractivity contribution in [1.82, 2.24) is 9.97 Å². The predicted octanol–water partition coefficient (Wildman–Crippen LogP) is 8.92. The molecule has 0 aliphatic carbocycles. The van der Waals surface area contributed by atoms with Crippen molar-refractivity contribution in [3.63, 3.8) is 0 Å². The van der Waals surface area contributed by atoms with Crippen LogP contribution in [0, 0.1) is 0 Å². The number of rotatable bonds is 10. The maximum absolute atomic E-state index is 14.6. The number of aromatic nitrogens is 2. The van der Waals surface area contributed by atoms with Gasteiger partial charge in [0.25, 0.3) is 0 Å². The third-order valence-corrected chi connectivity index (χ3v) is 6.88. The Hall–Kier alpha value is -3.79. The van der Waals surface area contributed by atoms with Crippen LogP contribution in [0.2, 0.25) is 0 Å². The minimum Gasteiger partial charge on any atom is -0.359 e. The highest BCUT2D eigenvalue weighted by Crippen LogP contribution is 2.32. The normalized spacial score (nSPS) is 13.3. The first-order chi connectivity index (χ1) is 17.9. The highest BCUT2D eigenvalue weighted by Gasteiger charge is 2.22. The topological polar surface area (TPSA) is 37.8 Å². The molecule has 1 N–H and O–H groups in total. The largest absolute Gasteiger partial charge is 0.359 e. The van der Waals surface area contributed by atoms with E-state index in [0.717, 1.165) is 64.3 Å². The maximum atomic E-state index is 14.6. The fourth-order valence-electron chi connectivity index (χ4n) is 4.51. The fraction of sp³-hybridized carbons (Fsp3) is 0.273. The van der Waals surface area contributed by atoms with Crippen molar-refractivity contribution in [3.8, 4) is 22.5 Å². The van der Waals surface area contributed by atoms with Crippen LogP contribution in [0.5, 0.6) is 0 Å². The Bertz CT molecular complexity index is 1340. The van der Waals surface area contributed by atoms with E-state index in [9.17, 15) is 4.39 Å². The van der Waals surface area contributed by atoms with Crippen LogP contribution in [0.15, 0.2) is 97.0 Å². The first-order valence-corrected chi connectivity index (χ1v) is 13.2. The summed E-state index contributed by atoms with van der Waals surface area (Å²) in [7, 11) is 0. The Balaban J connectivity index is 1.53. The average molecular weight is 494 g/mol. The lowest BCUT2D eigenvalue weighted by molar-refractivity contribution is 0.185. The van der Waals surface area contributed by atoms with Gasteiger partial charge in [0.2, 0.25) is 0 Å². The van der Waals surface area contributed by atoms with E-state index in [1.54, 1.807) is 19.3 Å². The third kappa shape index (κ3) is 6.32. The quantitative estimate of drug-likeness (QED) is 0.240. The van der Waals surface area contributed by atoms with Gasteiger partial charge in [0.15, 0.2) is 0 Å². The van der Waals surface area contributed by atoms with Crippen molar-refractivity contribution >= 4 is 5.69 Å². The molecule has 1 aromatic heterocycles. The smallest absolute Gasteiger partial charge is 0.133 e. The van der Waals surface area contributed by atoms with Gasteiger partial charge < -0.3 is 5.32 Å². The molecule has 3 nitrogen and oxygen atoms in total. The number of hydrogen-bond acceptors (Lipinski definition) is 3. The summed E-state index contributed by atoms with van der Waals surface area (Å²) in [6.45, 7) is 7.81. The third-order valence-electron chi connectivity index (χ3n) is 6.88. The maximum Gasteiger partial charge on any atom is 0.133 e. The Morgan fingerprint density at radius 3 is 2.19 bits per heavy atom. The molecule has 1 unspecified atom stereocenters. The number of benzene rings is 3. The second-order valence-corrected chi connectivity index (χ2v) is 9.53. The van der Waals surface area contributed by atoms with Crippen molar-refractivity contribution in [2.24, 2.45) is 0 Å². The zero-order chi connectivity index (χ0) is 26.3. The molecular weight excluding hydrogens is 457 g/mol. The molecule has 0 radical (unpaired) electrons. The standard InChI is InChI=1S/C33H36FN3/c1-5-10-29(23-24-13-17-27(18-14-24)33(4,34)7-3)37-28-19-15-26(16-20-28)31-32(36-22-21-35-31)30-12-9-8-11-25(30)6-2/h8-22,37H,5-7,23H2,1-4H3/b29-10-. The molecule has 0 fully saturated rings. The van der Waals surface area contributed by atoms with E-state index >= 15 is 0 Å². The number of aryl methyl sites for hydroxylation is 1. The van der Waals surface area contributed by atoms with Gasteiger partial charge in [-0.15, -0.1) is 0 Å². The molecule has 0 amide bonds. The van der Waals surface area contributed by atoms with Crippen LogP contribution < -0.4 is 5.32 Å². The Kier molecular flexibility index (Phi) is 8.50. The van der Waals surface area contributed by atoms with Crippen molar-refractivity contribution < 1.29 is 4.39 Å². The molecule has 190 valence electrons. The minimum atomic E-state index is -1.29. The molecule has 4 heteroatoms.